The summed E-state index contributed by atoms with van der Waals surface area (Å²) in [4.78, 5) is 52.0. The van der Waals surface area contributed by atoms with Gasteiger partial charge in [0.2, 0.25) is 11.8 Å². The zero-order chi connectivity index (χ0) is 34.4. The first-order chi connectivity index (χ1) is 24.2. The van der Waals surface area contributed by atoms with Crippen molar-refractivity contribution in [2.24, 2.45) is 17.5 Å². The highest BCUT2D eigenvalue weighted by atomic mass is 16.5. The summed E-state index contributed by atoms with van der Waals surface area (Å²) in [7, 11) is 1.84. The van der Waals surface area contributed by atoms with Crippen LogP contribution in [0.25, 0.3) is 17.0 Å². The average Bonchev–Trinajstić information content (AvgIpc) is 3.92. The van der Waals surface area contributed by atoms with Crippen molar-refractivity contribution in [2.75, 3.05) is 44.2 Å². The number of amides is 2. The third-order valence-corrected chi connectivity index (χ3v) is 10.2. The highest BCUT2D eigenvalue weighted by Crippen LogP contribution is 2.42. The molecule has 4 aliphatic heterocycles. The molecule has 0 N–H and O–H groups in total. The molecule has 1 spiro atoms. The maximum atomic E-state index is 14.0. The minimum Gasteiger partial charge on any atom is -0.491 e. The van der Waals surface area contributed by atoms with Gasteiger partial charge >= 0.3 is 0 Å². The number of pyridine rings is 2. The van der Waals surface area contributed by atoms with E-state index >= 15 is 0 Å². The number of fused-ring (bicyclic) bond motifs is 1. The molecule has 8 rings (SSSR count). The Morgan fingerprint density at radius 2 is 1.80 bits per heavy atom. The van der Waals surface area contributed by atoms with Crippen LogP contribution in [0.1, 0.15) is 55.6 Å². The van der Waals surface area contributed by atoms with Crippen LogP contribution < -0.4 is 9.64 Å². The lowest BCUT2D eigenvalue weighted by Crippen LogP contribution is -2.43. The molecule has 1 aromatic carbocycles. The van der Waals surface area contributed by atoms with Gasteiger partial charge in [-0.15, -0.1) is 0 Å². The standard InChI is InChI=1S/C38H41N9O3/c1-25(2)50-30-8-4-27(5-9-30)34-35-28(20-40-34)7-11-32(42-35)47-19-15-38(37(47)49)14-18-45(23-38)22-33(48)46-16-12-26(13-17-46)31-10-6-29(21-39-31)36-41-24-44(3)43-36/h4-12,21,24-25H,13-20,22-23H2,1-3H3/t38-/m0/s1. The van der Waals surface area contributed by atoms with Gasteiger partial charge in [0.25, 0.3) is 0 Å². The van der Waals surface area contributed by atoms with Crippen LogP contribution >= 0.6 is 0 Å². The quantitative estimate of drug-likeness (QED) is 0.274. The lowest BCUT2D eigenvalue weighted by atomic mass is 9.85. The lowest BCUT2D eigenvalue weighted by Gasteiger charge is -2.29. The Hall–Kier alpha value is -5.23. The zero-order valence-corrected chi connectivity index (χ0v) is 28.7. The Morgan fingerprint density at radius 3 is 2.52 bits per heavy atom. The number of benzene rings is 1. The van der Waals surface area contributed by atoms with Crippen molar-refractivity contribution in [3.05, 3.63) is 89.6 Å². The van der Waals surface area contributed by atoms with Crippen LogP contribution in [0.5, 0.6) is 5.75 Å². The van der Waals surface area contributed by atoms with Gasteiger partial charge in [0.05, 0.1) is 41.7 Å². The smallest absolute Gasteiger partial charge is 0.237 e. The number of hydrogen-bond donors (Lipinski definition) is 0. The number of likely N-dealkylation sites (tertiary alicyclic amines) is 1. The summed E-state index contributed by atoms with van der Waals surface area (Å²) in [6.45, 7) is 8.05. The fraction of sp³-hybridized carbons (Fsp3) is 0.395. The highest BCUT2D eigenvalue weighted by molar-refractivity contribution is 6.14. The fourth-order valence-electron chi connectivity index (χ4n) is 7.51. The molecule has 12 nitrogen and oxygen atoms in total. The predicted octanol–water partition coefficient (Wildman–Crippen LogP) is 4.16. The van der Waals surface area contributed by atoms with Crippen LogP contribution in [0.2, 0.25) is 0 Å². The maximum absolute atomic E-state index is 14.0. The number of hydrogen-bond acceptors (Lipinski definition) is 9. The number of carbonyl (C=O) groups is 2. The zero-order valence-electron chi connectivity index (χ0n) is 28.7. The van der Waals surface area contributed by atoms with Crippen LogP contribution in [0.15, 0.2) is 72.1 Å². The van der Waals surface area contributed by atoms with Gasteiger partial charge in [0.15, 0.2) is 5.82 Å². The Labute approximate surface area is 291 Å². The number of anilines is 1. The molecule has 0 bridgehead atoms. The maximum Gasteiger partial charge on any atom is 0.237 e. The normalized spacial score (nSPS) is 20.5. The second-order valence-corrected chi connectivity index (χ2v) is 14.0. The third-order valence-electron chi connectivity index (χ3n) is 10.2. The van der Waals surface area contributed by atoms with E-state index in [0.29, 0.717) is 50.9 Å². The van der Waals surface area contributed by atoms with E-state index in [1.807, 2.05) is 79.2 Å². The van der Waals surface area contributed by atoms with Gasteiger partial charge in [-0.05, 0) is 87.7 Å². The van der Waals surface area contributed by atoms with Gasteiger partial charge in [-0.2, -0.15) is 5.10 Å². The Morgan fingerprint density at radius 1 is 0.980 bits per heavy atom. The molecule has 2 saturated heterocycles. The molecule has 0 radical (unpaired) electrons. The molecule has 4 aromatic rings. The molecule has 256 valence electrons. The molecule has 1 atom stereocenters. The van der Waals surface area contributed by atoms with E-state index in [1.54, 1.807) is 17.2 Å². The van der Waals surface area contributed by atoms with Crippen molar-refractivity contribution < 1.29 is 14.3 Å². The Kier molecular flexibility index (Phi) is 8.26. The topological polar surface area (TPSA) is 122 Å². The van der Waals surface area contributed by atoms with E-state index in [-0.39, 0.29) is 17.9 Å². The molecule has 4 aliphatic rings. The van der Waals surface area contributed by atoms with E-state index in [1.165, 1.54) is 0 Å². The average molecular weight is 672 g/mol. The first-order valence-electron chi connectivity index (χ1n) is 17.4. The van der Waals surface area contributed by atoms with Crippen LogP contribution in [-0.2, 0) is 23.2 Å². The highest BCUT2D eigenvalue weighted by Gasteiger charge is 2.51. The molecular weight excluding hydrogens is 630 g/mol. The van der Waals surface area contributed by atoms with Gasteiger partial charge in [-0.1, -0.05) is 12.1 Å². The Bertz CT molecular complexity index is 2000. The number of carbonyl (C=O) groups excluding carboxylic acids is 2. The van der Waals surface area contributed by atoms with Crippen molar-refractivity contribution in [2.45, 2.75) is 45.8 Å². The predicted molar refractivity (Wildman–Crippen MR) is 190 cm³/mol. The van der Waals surface area contributed by atoms with Gasteiger partial charge in [-0.25, -0.2) is 9.97 Å². The van der Waals surface area contributed by atoms with Gasteiger partial charge < -0.3 is 9.64 Å². The molecule has 0 saturated carbocycles. The molecule has 0 aliphatic carbocycles. The summed E-state index contributed by atoms with van der Waals surface area (Å²) in [5.74, 6) is 2.34. The van der Waals surface area contributed by atoms with Crippen molar-refractivity contribution in [1.29, 1.82) is 0 Å². The summed E-state index contributed by atoms with van der Waals surface area (Å²) in [5.41, 5.74) is 6.16. The molecule has 12 heteroatoms. The van der Waals surface area contributed by atoms with E-state index < -0.39 is 5.41 Å². The molecule has 2 fully saturated rings. The summed E-state index contributed by atoms with van der Waals surface area (Å²) in [5, 5.41) is 4.34. The first-order valence-corrected chi connectivity index (χ1v) is 17.4. The summed E-state index contributed by atoms with van der Waals surface area (Å²) in [6.07, 6.45) is 7.92. The largest absolute Gasteiger partial charge is 0.491 e. The molecule has 50 heavy (non-hydrogen) atoms. The van der Waals surface area contributed by atoms with Crippen LogP contribution in [0, 0.1) is 5.41 Å². The van der Waals surface area contributed by atoms with Crippen LogP contribution in [0.3, 0.4) is 0 Å². The minimum atomic E-state index is -0.484. The van der Waals surface area contributed by atoms with Crippen molar-refractivity contribution in [3.63, 3.8) is 0 Å². The summed E-state index contributed by atoms with van der Waals surface area (Å²) >= 11 is 0. The first kappa shape index (κ1) is 32.0. The number of ether oxygens (including phenoxy) is 1. The summed E-state index contributed by atoms with van der Waals surface area (Å²) in [6, 6.07) is 15.9. The molecule has 2 amide bonds. The van der Waals surface area contributed by atoms with Gasteiger partial charge in [0.1, 0.15) is 17.9 Å². The lowest BCUT2D eigenvalue weighted by molar-refractivity contribution is -0.132. The van der Waals surface area contributed by atoms with Crippen molar-refractivity contribution >= 4 is 28.9 Å². The molecular formula is C38H41N9O3. The third kappa shape index (κ3) is 6.08. The van der Waals surface area contributed by atoms with E-state index in [9.17, 15) is 9.59 Å². The number of aryl methyl sites for hydroxylation is 1. The van der Waals surface area contributed by atoms with Crippen molar-refractivity contribution in [3.8, 4) is 17.1 Å². The van der Waals surface area contributed by atoms with Gasteiger partial charge in [0, 0.05) is 56.1 Å². The second kappa shape index (κ2) is 12.9. The Balaban J connectivity index is 0.876. The minimum absolute atomic E-state index is 0.0973. The van der Waals surface area contributed by atoms with Crippen LogP contribution in [-0.4, -0.2) is 97.4 Å². The fourth-order valence-corrected chi connectivity index (χ4v) is 7.51. The summed E-state index contributed by atoms with van der Waals surface area (Å²) < 4.78 is 7.48. The molecule has 0 unspecified atom stereocenters. The van der Waals surface area contributed by atoms with Crippen molar-refractivity contribution in [1.82, 2.24) is 34.5 Å². The van der Waals surface area contributed by atoms with E-state index in [0.717, 1.165) is 70.9 Å². The number of nitrogens with zero attached hydrogens (tertiary/aromatic N) is 9. The molecule has 7 heterocycles. The second-order valence-electron chi connectivity index (χ2n) is 14.0. The van der Waals surface area contributed by atoms with Crippen LogP contribution in [0.4, 0.5) is 5.82 Å². The van der Waals surface area contributed by atoms with Gasteiger partial charge in [-0.3, -0.25) is 34.0 Å². The number of aromatic nitrogens is 5. The monoisotopic (exact) mass is 671 g/mol. The molecule has 3 aromatic heterocycles. The van der Waals surface area contributed by atoms with E-state index in [4.69, 9.17) is 14.7 Å². The number of aliphatic imine (C=N–C) groups is 1. The number of rotatable bonds is 8. The van der Waals surface area contributed by atoms with E-state index in [2.05, 4.69) is 26.0 Å². The SMILES string of the molecule is CC(C)Oc1ccc(C2=NCc3ccc(N4CC[C@]5(CCN(CC(=O)N6CC=C(c7ccc(-c8ncn(C)n8)cn7)CC6)C5)C4=O)nc32)cc1.